The first-order valence-electron chi connectivity index (χ1n) is 7.03. The van der Waals surface area contributed by atoms with Crippen molar-refractivity contribution in [2.24, 2.45) is 0 Å². The van der Waals surface area contributed by atoms with Gasteiger partial charge in [-0.3, -0.25) is 4.90 Å². The fourth-order valence-corrected chi connectivity index (χ4v) is 3.69. The van der Waals surface area contributed by atoms with Crippen LogP contribution in [0, 0.1) is 0 Å². The van der Waals surface area contributed by atoms with Crippen molar-refractivity contribution in [3.63, 3.8) is 0 Å². The molecule has 0 saturated carbocycles. The highest BCUT2D eigenvalue weighted by Crippen LogP contribution is 2.22. The summed E-state index contributed by atoms with van der Waals surface area (Å²) in [5.41, 5.74) is 1.02. The zero-order valence-electron chi connectivity index (χ0n) is 11.6. The van der Waals surface area contributed by atoms with Crippen molar-refractivity contribution in [2.45, 2.75) is 25.1 Å². The van der Waals surface area contributed by atoms with E-state index in [9.17, 15) is 0 Å². The van der Waals surface area contributed by atoms with E-state index < -0.39 is 0 Å². The van der Waals surface area contributed by atoms with Crippen molar-refractivity contribution in [1.82, 2.24) is 25.1 Å². The van der Waals surface area contributed by atoms with Crippen LogP contribution in [0.1, 0.15) is 19.2 Å². The molecule has 0 amide bonds. The Bertz CT molecular complexity index is 542. The van der Waals surface area contributed by atoms with Gasteiger partial charge in [-0.15, -0.1) is 5.10 Å². The van der Waals surface area contributed by atoms with Crippen LogP contribution in [0.4, 0.5) is 0 Å². The molecule has 1 aliphatic heterocycles. The molecule has 0 bridgehead atoms. The summed E-state index contributed by atoms with van der Waals surface area (Å²) in [6.45, 7) is 5.32. The molecule has 1 aliphatic rings. The van der Waals surface area contributed by atoms with E-state index in [0.717, 1.165) is 36.4 Å². The Labute approximate surface area is 123 Å². The number of rotatable bonds is 4. The van der Waals surface area contributed by atoms with Gasteiger partial charge in [0.2, 0.25) is 0 Å². The first kappa shape index (κ1) is 13.6. The average Bonchev–Trinajstić information content (AvgIpc) is 2.96. The number of thioether (sulfide) groups is 1. The first-order chi connectivity index (χ1) is 9.86. The molecule has 6 heteroatoms. The molecule has 3 rings (SSSR count). The third-order valence-electron chi connectivity index (χ3n) is 3.58. The maximum absolute atomic E-state index is 4.19. The summed E-state index contributed by atoms with van der Waals surface area (Å²) in [6.07, 6.45) is 1.23. The Morgan fingerprint density at radius 1 is 1.30 bits per heavy atom. The van der Waals surface area contributed by atoms with E-state index in [1.54, 1.807) is 0 Å². The Morgan fingerprint density at radius 2 is 2.15 bits per heavy atom. The summed E-state index contributed by atoms with van der Waals surface area (Å²) in [4.78, 5) is 2.45. The predicted molar refractivity (Wildman–Crippen MR) is 81.0 cm³/mol. The van der Waals surface area contributed by atoms with Crippen LogP contribution in [-0.2, 0) is 6.54 Å². The van der Waals surface area contributed by atoms with Gasteiger partial charge in [-0.25, -0.2) is 0 Å². The third kappa shape index (κ3) is 3.02. The van der Waals surface area contributed by atoms with E-state index in [2.05, 4.69) is 39.1 Å². The Balaban J connectivity index is 1.74. The molecule has 0 unspecified atom stereocenters. The van der Waals surface area contributed by atoms with Crippen molar-refractivity contribution in [2.75, 3.05) is 18.8 Å². The maximum Gasteiger partial charge on any atom is 0.170 e. The van der Waals surface area contributed by atoms with E-state index in [1.807, 2.05) is 35.0 Å². The molecule has 1 aromatic heterocycles. The van der Waals surface area contributed by atoms with Crippen LogP contribution < -0.4 is 0 Å². The smallest absolute Gasteiger partial charge is 0.170 e. The molecule has 0 radical (unpaired) electrons. The number of hydrogen-bond acceptors (Lipinski definition) is 5. The lowest BCUT2D eigenvalue weighted by Crippen LogP contribution is -2.37. The van der Waals surface area contributed by atoms with E-state index in [1.165, 1.54) is 12.2 Å². The van der Waals surface area contributed by atoms with Gasteiger partial charge >= 0.3 is 0 Å². The lowest BCUT2D eigenvalue weighted by molar-refractivity contribution is 0.264. The fourth-order valence-electron chi connectivity index (χ4n) is 2.45. The van der Waals surface area contributed by atoms with Gasteiger partial charge in [-0.2, -0.15) is 16.4 Å². The van der Waals surface area contributed by atoms with Crippen LogP contribution in [-0.4, -0.2) is 49.2 Å². The van der Waals surface area contributed by atoms with Gasteiger partial charge in [0.1, 0.15) is 0 Å². The molecule has 5 nitrogen and oxygen atoms in total. The second kappa shape index (κ2) is 6.37. The molecule has 1 aromatic carbocycles. The summed E-state index contributed by atoms with van der Waals surface area (Å²) in [5, 5.41) is 12.9. The summed E-state index contributed by atoms with van der Waals surface area (Å²) in [5.74, 6) is 2.11. The van der Waals surface area contributed by atoms with E-state index in [4.69, 9.17) is 0 Å². The van der Waals surface area contributed by atoms with Crippen molar-refractivity contribution in [1.29, 1.82) is 0 Å². The summed E-state index contributed by atoms with van der Waals surface area (Å²) in [7, 11) is 0. The van der Waals surface area contributed by atoms with Gasteiger partial charge in [0.15, 0.2) is 5.82 Å². The Morgan fingerprint density at radius 3 is 2.95 bits per heavy atom. The highest BCUT2D eigenvalue weighted by Gasteiger charge is 2.21. The van der Waals surface area contributed by atoms with E-state index in [-0.39, 0.29) is 0 Å². The predicted octanol–water partition coefficient (Wildman–Crippen LogP) is 1.99. The van der Waals surface area contributed by atoms with Crippen LogP contribution >= 0.6 is 11.8 Å². The molecule has 2 aromatic rings. The van der Waals surface area contributed by atoms with Crippen LogP contribution in [0.15, 0.2) is 30.3 Å². The van der Waals surface area contributed by atoms with Gasteiger partial charge in [0.25, 0.3) is 0 Å². The minimum absolute atomic E-state index is 0.741. The summed E-state index contributed by atoms with van der Waals surface area (Å²) >= 11 is 2.08. The largest absolute Gasteiger partial charge is 0.294 e. The number of tetrazole rings is 1. The molecule has 106 valence electrons. The molecule has 1 saturated heterocycles. The van der Waals surface area contributed by atoms with Gasteiger partial charge in [0, 0.05) is 24.1 Å². The van der Waals surface area contributed by atoms with Crippen molar-refractivity contribution < 1.29 is 0 Å². The van der Waals surface area contributed by atoms with Crippen LogP contribution in [0.3, 0.4) is 0 Å². The SMILES string of the molecule is CC[C@@H]1CN(Cc2nnnn2-c2ccccc2)CCS1. The van der Waals surface area contributed by atoms with Crippen molar-refractivity contribution in [3.05, 3.63) is 36.2 Å². The molecular formula is C14H19N5S. The highest BCUT2D eigenvalue weighted by atomic mass is 32.2. The van der Waals surface area contributed by atoms with E-state index >= 15 is 0 Å². The number of nitrogens with zero attached hydrogens (tertiary/aromatic N) is 5. The standard InChI is InChI=1S/C14H19N5S/c1-2-13-10-18(8-9-20-13)11-14-15-16-17-19(14)12-6-4-3-5-7-12/h3-7,13H,2,8-11H2,1H3/t13-/m1/s1. The lowest BCUT2D eigenvalue weighted by Gasteiger charge is -2.31. The normalized spacial score (nSPS) is 20.1. The van der Waals surface area contributed by atoms with Crippen LogP contribution in [0.5, 0.6) is 0 Å². The number of benzene rings is 1. The zero-order valence-corrected chi connectivity index (χ0v) is 12.5. The molecule has 20 heavy (non-hydrogen) atoms. The van der Waals surface area contributed by atoms with Crippen molar-refractivity contribution >= 4 is 11.8 Å². The summed E-state index contributed by atoms with van der Waals surface area (Å²) in [6, 6.07) is 10.1. The molecule has 1 atom stereocenters. The Hall–Kier alpha value is -1.40. The topological polar surface area (TPSA) is 46.8 Å². The molecule has 0 spiro atoms. The monoisotopic (exact) mass is 289 g/mol. The van der Waals surface area contributed by atoms with Gasteiger partial charge in [-0.1, -0.05) is 25.1 Å². The first-order valence-corrected chi connectivity index (χ1v) is 8.08. The maximum atomic E-state index is 4.19. The number of aromatic nitrogens is 4. The van der Waals surface area contributed by atoms with Gasteiger partial charge in [0.05, 0.1) is 12.2 Å². The number of hydrogen-bond donors (Lipinski definition) is 0. The zero-order chi connectivity index (χ0) is 13.8. The van der Waals surface area contributed by atoms with Gasteiger partial charge < -0.3 is 0 Å². The van der Waals surface area contributed by atoms with Crippen LogP contribution in [0.2, 0.25) is 0 Å². The minimum atomic E-state index is 0.741. The summed E-state index contributed by atoms with van der Waals surface area (Å²) < 4.78 is 1.84. The molecular weight excluding hydrogens is 270 g/mol. The fraction of sp³-hybridized carbons (Fsp3) is 0.500. The third-order valence-corrected chi connectivity index (χ3v) is 4.95. The molecule has 2 heterocycles. The van der Waals surface area contributed by atoms with Gasteiger partial charge in [-0.05, 0) is 29.0 Å². The lowest BCUT2D eigenvalue weighted by atomic mass is 10.3. The number of para-hydroxylation sites is 1. The second-order valence-electron chi connectivity index (χ2n) is 4.98. The quantitative estimate of drug-likeness (QED) is 0.861. The minimum Gasteiger partial charge on any atom is -0.294 e. The van der Waals surface area contributed by atoms with E-state index in [0.29, 0.717) is 0 Å². The average molecular weight is 289 g/mol. The Kier molecular flexibility index (Phi) is 4.32. The molecule has 0 aliphatic carbocycles. The molecule has 1 fully saturated rings. The van der Waals surface area contributed by atoms with Crippen LogP contribution in [0.25, 0.3) is 5.69 Å². The van der Waals surface area contributed by atoms with Crippen molar-refractivity contribution in [3.8, 4) is 5.69 Å². The highest BCUT2D eigenvalue weighted by molar-refractivity contribution is 8.00. The molecule has 0 N–H and O–H groups in total. The second-order valence-corrected chi connectivity index (χ2v) is 6.39.